The Kier molecular flexibility index (Phi) is 3.40. The summed E-state index contributed by atoms with van der Waals surface area (Å²) in [5, 5.41) is 0. The van der Waals surface area contributed by atoms with E-state index in [1.165, 1.54) is 5.56 Å². The highest BCUT2D eigenvalue weighted by atomic mass is 35.5. The van der Waals surface area contributed by atoms with Crippen LogP contribution in [0.2, 0.25) is 0 Å². The lowest BCUT2D eigenvalue weighted by molar-refractivity contribution is 0.0107. The Hall–Kier alpha value is -0.570. The van der Waals surface area contributed by atoms with E-state index < -0.39 is 0 Å². The molecule has 0 spiro atoms. The van der Waals surface area contributed by atoms with E-state index in [2.05, 4.69) is 29.2 Å². The monoisotopic (exact) mass is 211 g/mol. The Balaban J connectivity index is 1.91. The van der Waals surface area contributed by atoms with Gasteiger partial charge in [-0.2, -0.15) is 0 Å². The summed E-state index contributed by atoms with van der Waals surface area (Å²) in [5.74, 6) is 0. The molecule has 0 radical (unpaired) electrons. The van der Waals surface area contributed by atoms with Gasteiger partial charge < -0.3 is 4.74 Å². The van der Waals surface area contributed by atoms with Crippen LogP contribution in [0, 0.1) is 0 Å². The zero-order valence-corrected chi connectivity index (χ0v) is 8.78. The minimum Gasteiger partial charge on any atom is -0.360 e. The molecule has 0 aliphatic carbocycles. The fraction of sp³-hybridized carbons (Fsp3) is 0.455. The predicted molar refractivity (Wildman–Crippen MR) is 57.3 cm³/mol. The van der Waals surface area contributed by atoms with Crippen molar-refractivity contribution >= 4 is 11.6 Å². The second-order valence-corrected chi connectivity index (χ2v) is 3.99. The number of hydrogen-bond donors (Lipinski definition) is 0. The van der Waals surface area contributed by atoms with Crippen molar-refractivity contribution < 1.29 is 4.74 Å². The van der Waals surface area contributed by atoms with Crippen molar-refractivity contribution in [3.63, 3.8) is 0 Å². The molecule has 14 heavy (non-hydrogen) atoms. The van der Waals surface area contributed by atoms with E-state index in [1.54, 1.807) is 0 Å². The van der Waals surface area contributed by atoms with Crippen LogP contribution in [0.4, 0.5) is 0 Å². The molecule has 2 rings (SSSR count). The molecule has 2 nitrogen and oxygen atoms in total. The minimum atomic E-state index is -0.146. The van der Waals surface area contributed by atoms with Gasteiger partial charge >= 0.3 is 0 Å². The second-order valence-electron chi connectivity index (χ2n) is 3.50. The Bertz CT molecular complexity index is 278. The fourth-order valence-electron chi connectivity index (χ4n) is 1.64. The molecule has 1 heterocycles. The summed E-state index contributed by atoms with van der Waals surface area (Å²) < 4.78 is 5.27. The third-order valence-corrected chi connectivity index (χ3v) is 2.62. The molecule has 76 valence electrons. The Morgan fingerprint density at radius 2 is 2.14 bits per heavy atom. The lowest BCUT2D eigenvalue weighted by Gasteiger charge is -2.29. The van der Waals surface area contributed by atoms with Crippen molar-refractivity contribution in [3.05, 3.63) is 35.9 Å². The first-order chi connectivity index (χ1) is 6.84. The molecule has 0 unspecified atom stereocenters. The molecule has 1 aromatic carbocycles. The average Bonchev–Trinajstić information content (AvgIpc) is 2.19. The van der Waals surface area contributed by atoms with E-state index >= 15 is 0 Å². The molecule has 1 aliphatic heterocycles. The van der Waals surface area contributed by atoms with Crippen LogP contribution in [0.1, 0.15) is 5.56 Å². The van der Waals surface area contributed by atoms with E-state index in [0.29, 0.717) is 0 Å². The van der Waals surface area contributed by atoms with Crippen molar-refractivity contribution in [2.24, 2.45) is 0 Å². The molecule has 0 N–H and O–H groups in total. The number of alkyl halides is 1. The maximum absolute atomic E-state index is 5.91. The molecule has 0 saturated carbocycles. The van der Waals surface area contributed by atoms with Gasteiger partial charge in [0, 0.05) is 19.6 Å². The highest BCUT2D eigenvalue weighted by Gasteiger charge is 2.17. The SMILES string of the molecule is Cl[C@@H]1CN(Cc2ccccc2)CCO1. The Morgan fingerprint density at radius 3 is 2.86 bits per heavy atom. The quantitative estimate of drug-likeness (QED) is 0.695. The van der Waals surface area contributed by atoms with Crippen LogP contribution in [-0.2, 0) is 11.3 Å². The zero-order valence-electron chi connectivity index (χ0n) is 8.03. The van der Waals surface area contributed by atoms with E-state index in [-0.39, 0.29) is 5.56 Å². The normalized spacial score (nSPS) is 23.6. The van der Waals surface area contributed by atoms with Gasteiger partial charge in [0.15, 0.2) is 0 Å². The van der Waals surface area contributed by atoms with Crippen LogP contribution < -0.4 is 0 Å². The highest BCUT2D eigenvalue weighted by Crippen LogP contribution is 2.12. The van der Waals surface area contributed by atoms with Gasteiger partial charge in [-0.05, 0) is 5.56 Å². The lowest BCUT2D eigenvalue weighted by atomic mass is 10.2. The van der Waals surface area contributed by atoms with Gasteiger partial charge in [-0.1, -0.05) is 41.9 Å². The van der Waals surface area contributed by atoms with E-state index in [1.807, 2.05) is 6.07 Å². The molecule has 1 atom stereocenters. The van der Waals surface area contributed by atoms with Crippen LogP contribution in [0.15, 0.2) is 30.3 Å². The van der Waals surface area contributed by atoms with Crippen molar-refractivity contribution in [2.45, 2.75) is 12.1 Å². The van der Waals surface area contributed by atoms with Crippen LogP contribution in [-0.4, -0.2) is 30.2 Å². The standard InChI is InChI=1S/C11H14ClNO/c12-11-9-13(6-7-14-11)8-10-4-2-1-3-5-10/h1-5,11H,6-9H2/t11-/m0/s1. The van der Waals surface area contributed by atoms with Crippen LogP contribution in [0.5, 0.6) is 0 Å². The summed E-state index contributed by atoms with van der Waals surface area (Å²) in [7, 11) is 0. The minimum absolute atomic E-state index is 0.146. The van der Waals surface area contributed by atoms with Gasteiger partial charge in [0.05, 0.1) is 6.61 Å². The molecule has 0 aromatic heterocycles. The van der Waals surface area contributed by atoms with Crippen molar-refractivity contribution in [2.75, 3.05) is 19.7 Å². The topological polar surface area (TPSA) is 12.5 Å². The van der Waals surface area contributed by atoms with Crippen LogP contribution >= 0.6 is 11.6 Å². The molecule has 3 heteroatoms. The van der Waals surface area contributed by atoms with Gasteiger partial charge in [-0.15, -0.1) is 0 Å². The van der Waals surface area contributed by atoms with Crippen molar-refractivity contribution in [3.8, 4) is 0 Å². The number of ether oxygens (including phenoxy) is 1. The second kappa shape index (κ2) is 4.78. The van der Waals surface area contributed by atoms with Crippen LogP contribution in [0.25, 0.3) is 0 Å². The molecule has 1 aromatic rings. The number of benzene rings is 1. The zero-order chi connectivity index (χ0) is 9.80. The first-order valence-electron chi connectivity index (χ1n) is 4.86. The maximum Gasteiger partial charge on any atom is 0.143 e. The van der Waals surface area contributed by atoms with Crippen molar-refractivity contribution in [1.29, 1.82) is 0 Å². The fourth-order valence-corrected chi connectivity index (χ4v) is 1.93. The third kappa shape index (κ3) is 2.71. The summed E-state index contributed by atoms with van der Waals surface area (Å²) in [4.78, 5) is 2.32. The molecule has 1 saturated heterocycles. The van der Waals surface area contributed by atoms with E-state index in [0.717, 1.165) is 26.2 Å². The molecular weight excluding hydrogens is 198 g/mol. The summed E-state index contributed by atoms with van der Waals surface area (Å²) in [5.41, 5.74) is 1.19. The Morgan fingerprint density at radius 1 is 1.36 bits per heavy atom. The summed E-state index contributed by atoms with van der Waals surface area (Å²) in [6.45, 7) is 3.49. The van der Waals surface area contributed by atoms with Gasteiger partial charge in [0.2, 0.25) is 0 Å². The number of morpholine rings is 1. The molecule has 1 fully saturated rings. The Labute approximate surface area is 89.4 Å². The molecule has 0 amide bonds. The number of halogens is 1. The van der Waals surface area contributed by atoms with Gasteiger partial charge in [0.1, 0.15) is 5.56 Å². The average molecular weight is 212 g/mol. The number of hydrogen-bond acceptors (Lipinski definition) is 2. The lowest BCUT2D eigenvalue weighted by Crippen LogP contribution is -2.39. The largest absolute Gasteiger partial charge is 0.360 e. The van der Waals surface area contributed by atoms with Gasteiger partial charge in [-0.25, -0.2) is 0 Å². The van der Waals surface area contributed by atoms with E-state index in [4.69, 9.17) is 16.3 Å². The summed E-state index contributed by atoms with van der Waals surface area (Å²) in [6.07, 6.45) is 0. The number of nitrogens with zero attached hydrogens (tertiary/aromatic N) is 1. The van der Waals surface area contributed by atoms with Crippen LogP contribution in [0.3, 0.4) is 0 Å². The van der Waals surface area contributed by atoms with Gasteiger partial charge in [-0.3, -0.25) is 4.90 Å². The number of rotatable bonds is 2. The highest BCUT2D eigenvalue weighted by molar-refractivity contribution is 6.19. The third-order valence-electron chi connectivity index (χ3n) is 2.36. The summed E-state index contributed by atoms with van der Waals surface area (Å²) in [6, 6.07) is 10.4. The van der Waals surface area contributed by atoms with E-state index in [9.17, 15) is 0 Å². The smallest absolute Gasteiger partial charge is 0.143 e. The molecule has 1 aliphatic rings. The van der Waals surface area contributed by atoms with Gasteiger partial charge in [0.25, 0.3) is 0 Å². The predicted octanol–water partition coefficient (Wildman–Crippen LogP) is 2.08. The van der Waals surface area contributed by atoms with Crippen molar-refractivity contribution in [1.82, 2.24) is 4.90 Å². The first kappa shape index (κ1) is 9.97. The molecule has 0 bridgehead atoms. The molecular formula is C11H14ClNO. The first-order valence-corrected chi connectivity index (χ1v) is 5.30. The maximum atomic E-state index is 5.91. The summed E-state index contributed by atoms with van der Waals surface area (Å²) >= 11 is 5.91.